The maximum Gasteiger partial charge on any atom is 0.338 e. The molecule has 0 heterocycles. The third kappa shape index (κ3) is 2.63. The first kappa shape index (κ1) is 14.1. The summed E-state index contributed by atoms with van der Waals surface area (Å²) in [5.74, 6) is 0.172. The van der Waals surface area contributed by atoms with E-state index in [0.29, 0.717) is 11.3 Å². The molecule has 0 aliphatic heterocycles. The van der Waals surface area contributed by atoms with Crippen LogP contribution in [0.4, 0.5) is 0 Å². The van der Waals surface area contributed by atoms with Gasteiger partial charge in [-0.3, -0.25) is 0 Å². The highest BCUT2D eigenvalue weighted by molar-refractivity contribution is 5.99. The van der Waals surface area contributed by atoms with Crippen molar-refractivity contribution in [3.8, 4) is 16.9 Å². The molecule has 3 aromatic rings. The maximum absolute atomic E-state index is 12.0. The molecular formula is C20H16O2. The minimum Gasteiger partial charge on any atom is -0.422 e. The standard InChI is InChI=1S/C20H16O2/c1-14(2)20(21)22-19-17-11-7-6-10-16(17)12-13-18(19)15-8-4-3-5-9-15/h3-13H,1H2,2H3. The maximum atomic E-state index is 12.0. The molecule has 0 saturated heterocycles. The molecule has 0 saturated carbocycles. The van der Waals surface area contributed by atoms with Crippen molar-refractivity contribution in [2.75, 3.05) is 0 Å². The Kier molecular flexibility index (Phi) is 3.75. The Morgan fingerprint density at radius 3 is 2.32 bits per heavy atom. The van der Waals surface area contributed by atoms with Crippen molar-refractivity contribution in [1.29, 1.82) is 0 Å². The molecule has 0 aromatic heterocycles. The summed E-state index contributed by atoms with van der Waals surface area (Å²) in [5.41, 5.74) is 2.29. The number of esters is 1. The van der Waals surface area contributed by atoms with E-state index in [4.69, 9.17) is 4.74 Å². The fraction of sp³-hybridized carbons (Fsp3) is 0.0500. The topological polar surface area (TPSA) is 26.3 Å². The zero-order valence-corrected chi connectivity index (χ0v) is 12.4. The number of carbonyl (C=O) groups excluding carboxylic acids is 1. The Morgan fingerprint density at radius 2 is 1.59 bits per heavy atom. The summed E-state index contributed by atoms with van der Waals surface area (Å²) >= 11 is 0. The average Bonchev–Trinajstić information content (AvgIpc) is 2.55. The van der Waals surface area contributed by atoms with E-state index in [1.807, 2.05) is 66.7 Å². The summed E-state index contributed by atoms with van der Waals surface area (Å²) in [7, 11) is 0. The Hall–Kier alpha value is -2.87. The Morgan fingerprint density at radius 1 is 0.909 bits per heavy atom. The molecule has 0 bridgehead atoms. The fourth-order valence-electron chi connectivity index (χ4n) is 2.38. The van der Waals surface area contributed by atoms with Gasteiger partial charge >= 0.3 is 5.97 Å². The first-order valence-electron chi connectivity index (χ1n) is 7.11. The largest absolute Gasteiger partial charge is 0.422 e. The molecule has 0 N–H and O–H groups in total. The number of benzene rings is 3. The lowest BCUT2D eigenvalue weighted by Gasteiger charge is -2.13. The molecule has 2 heteroatoms. The minimum absolute atomic E-state index is 0.381. The summed E-state index contributed by atoms with van der Waals surface area (Å²) in [6.07, 6.45) is 0. The molecular weight excluding hydrogens is 272 g/mol. The van der Waals surface area contributed by atoms with Crippen molar-refractivity contribution in [3.05, 3.63) is 78.9 Å². The van der Waals surface area contributed by atoms with E-state index >= 15 is 0 Å². The molecule has 0 aliphatic rings. The smallest absolute Gasteiger partial charge is 0.338 e. The Balaban J connectivity index is 2.23. The molecule has 0 aliphatic carbocycles. The zero-order chi connectivity index (χ0) is 15.5. The van der Waals surface area contributed by atoms with Crippen molar-refractivity contribution < 1.29 is 9.53 Å². The lowest BCUT2D eigenvalue weighted by molar-refractivity contribution is -0.129. The molecule has 0 radical (unpaired) electrons. The van der Waals surface area contributed by atoms with E-state index < -0.39 is 5.97 Å². The van der Waals surface area contributed by atoms with Gasteiger partial charge in [0.2, 0.25) is 0 Å². The van der Waals surface area contributed by atoms with Crippen LogP contribution in [0, 0.1) is 0 Å². The molecule has 0 fully saturated rings. The highest BCUT2D eigenvalue weighted by atomic mass is 16.5. The molecule has 2 nitrogen and oxygen atoms in total. The lowest BCUT2D eigenvalue weighted by Crippen LogP contribution is -2.09. The molecule has 22 heavy (non-hydrogen) atoms. The van der Waals surface area contributed by atoms with Crippen LogP contribution in [0.3, 0.4) is 0 Å². The fourth-order valence-corrected chi connectivity index (χ4v) is 2.38. The van der Waals surface area contributed by atoms with E-state index in [0.717, 1.165) is 21.9 Å². The summed E-state index contributed by atoms with van der Waals surface area (Å²) < 4.78 is 5.64. The van der Waals surface area contributed by atoms with E-state index in [9.17, 15) is 4.79 Å². The van der Waals surface area contributed by atoms with Gasteiger partial charge < -0.3 is 4.74 Å². The number of carbonyl (C=O) groups is 1. The molecule has 108 valence electrons. The number of ether oxygens (including phenoxy) is 1. The number of rotatable bonds is 3. The SMILES string of the molecule is C=C(C)C(=O)Oc1c(-c2ccccc2)ccc2ccccc12. The highest BCUT2D eigenvalue weighted by Gasteiger charge is 2.14. The highest BCUT2D eigenvalue weighted by Crippen LogP contribution is 2.37. The van der Waals surface area contributed by atoms with E-state index in [1.54, 1.807) is 6.92 Å². The van der Waals surface area contributed by atoms with Crippen molar-refractivity contribution in [2.24, 2.45) is 0 Å². The molecule has 0 amide bonds. The zero-order valence-electron chi connectivity index (χ0n) is 12.4. The summed E-state index contributed by atoms with van der Waals surface area (Å²) in [6, 6.07) is 21.8. The van der Waals surface area contributed by atoms with E-state index in [1.165, 1.54) is 0 Å². The van der Waals surface area contributed by atoms with Gasteiger partial charge in [0.15, 0.2) is 0 Å². The van der Waals surface area contributed by atoms with Crippen molar-refractivity contribution in [1.82, 2.24) is 0 Å². The lowest BCUT2D eigenvalue weighted by atomic mass is 9.99. The van der Waals surface area contributed by atoms with Crippen LogP contribution < -0.4 is 4.74 Å². The van der Waals surface area contributed by atoms with Crippen LogP contribution in [0.1, 0.15) is 6.92 Å². The molecule has 3 rings (SSSR count). The predicted octanol–water partition coefficient (Wildman–Crippen LogP) is 4.99. The van der Waals surface area contributed by atoms with Gasteiger partial charge in [-0.25, -0.2) is 4.79 Å². The van der Waals surface area contributed by atoms with Crippen LogP contribution in [0.25, 0.3) is 21.9 Å². The third-order valence-corrected chi connectivity index (χ3v) is 3.51. The quantitative estimate of drug-likeness (QED) is 0.385. The van der Waals surface area contributed by atoms with Crippen LogP contribution in [-0.2, 0) is 4.79 Å². The molecule has 0 spiro atoms. The van der Waals surface area contributed by atoms with Crippen LogP contribution in [0.5, 0.6) is 5.75 Å². The normalized spacial score (nSPS) is 10.4. The Bertz CT molecular complexity index is 848. The van der Waals surface area contributed by atoms with Gasteiger partial charge in [-0.2, -0.15) is 0 Å². The monoisotopic (exact) mass is 288 g/mol. The van der Waals surface area contributed by atoms with Gasteiger partial charge in [0.1, 0.15) is 5.75 Å². The summed E-state index contributed by atoms with van der Waals surface area (Å²) in [4.78, 5) is 12.0. The molecule has 0 unspecified atom stereocenters. The Labute approximate surface area is 129 Å². The van der Waals surface area contributed by atoms with Crippen LogP contribution in [-0.4, -0.2) is 5.97 Å². The van der Waals surface area contributed by atoms with Crippen LogP contribution in [0.2, 0.25) is 0 Å². The average molecular weight is 288 g/mol. The second kappa shape index (κ2) is 5.86. The van der Waals surface area contributed by atoms with Gasteiger partial charge in [-0.05, 0) is 23.9 Å². The van der Waals surface area contributed by atoms with Crippen LogP contribution in [0.15, 0.2) is 78.9 Å². The third-order valence-electron chi connectivity index (χ3n) is 3.51. The second-order valence-corrected chi connectivity index (χ2v) is 5.20. The number of hydrogen-bond acceptors (Lipinski definition) is 2. The van der Waals surface area contributed by atoms with Gasteiger partial charge in [0, 0.05) is 16.5 Å². The second-order valence-electron chi connectivity index (χ2n) is 5.20. The van der Waals surface area contributed by atoms with E-state index in [-0.39, 0.29) is 0 Å². The minimum atomic E-state index is -0.409. The molecule has 3 aromatic carbocycles. The van der Waals surface area contributed by atoms with Gasteiger partial charge in [0.05, 0.1) is 0 Å². The summed E-state index contributed by atoms with van der Waals surface area (Å²) in [5, 5.41) is 1.95. The van der Waals surface area contributed by atoms with Crippen molar-refractivity contribution >= 4 is 16.7 Å². The number of hydrogen-bond donors (Lipinski definition) is 0. The van der Waals surface area contributed by atoms with Crippen LogP contribution >= 0.6 is 0 Å². The van der Waals surface area contributed by atoms with Crippen molar-refractivity contribution in [2.45, 2.75) is 6.92 Å². The van der Waals surface area contributed by atoms with Gasteiger partial charge in [-0.1, -0.05) is 67.2 Å². The van der Waals surface area contributed by atoms with Crippen molar-refractivity contribution in [3.63, 3.8) is 0 Å². The van der Waals surface area contributed by atoms with Gasteiger partial charge in [-0.15, -0.1) is 0 Å². The first-order valence-corrected chi connectivity index (χ1v) is 7.11. The van der Waals surface area contributed by atoms with Gasteiger partial charge in [0.25, 0.3) is 0 Å². The predicted molar refractivity (Wildman–Crippen MR) is 89.8 cm³/mol. The summed E-state index contributed by atoms with van der Waals surface area (Å²) in [6.45, 7) is 5.31. The van der Waals surface area contributed by atoms with E-state index in [2.05, 4.69) is 6.58 Å². The first-order chi connectivity index (χ1) is 10.7. The number of fused-ring (bicyclic) bond motifs is 1. The molecule has 0 atom stereocenters.